The second kappa shape index (κ2) is 7.72. The molecule has 2 aromatic carbocycles. The van der Waals surface area contributed by atoms with E-state index in [0.29, 0.717) is 48.3 Å². The molecule has 26 heavy (non-hydrogen) atoms. The summed E-state index contributed by atoms with van der Waals surface area (Å²) in [7, 11) is 0. The number of hydrogen-bond donors (Lipinski definition) is 0. The predicted octanol–water partition coefficient (Wildman–Crippen LogP) is 3.61. The summed E-state index contributed by atoms with van der Waals surface area (Å²) in [5.41, 5.74) is 1.15. The van der Waals surface area contributed by atoms with Crippen LogP contribution in [0.2, 0.25) is 5.02 Å². The monoisotopic (exact) mass is 376 g/mol. The lowest BCUT2D eigenvalue weighted by molar-refractivity contribution is -0.384. The first kappa shape index (κ1) is 18.2. The molecule has 7 nitrogen and oxygen atoms in total. The van der Waals surface area contributed by atoms with E-state index >= 15 is 0 Å². The predicted molar refractivity (Wildman–Crippen MR) is 97.3 cm³/mol. The normalized spacial score (nSPS) is 14.2. The fourth-order valence-corrected chi connectivity index (χ4v) is 2.98. The summed E-state index contributed by atoms with van der Waals surface area (Å²) in [6.07, 6.45) is 0. The van der Waals surface area contributed by atoms with Crippen molar-refractivity contribution in [3.63, 3.8) is 0 Å². The van der Waals surface area contributed by atoms with E-state index in [1.54, 1.807) is 31.2 Å². The maximum atomic E-state index is 12.4. The minimum atomic E-state index is -0.660. The van der Waals surface area contributed by atoms with Crippen LogP contribution in [0, 0.1) is 17.0 Å². The number of halogens is 1. The summed E-state index contributed by atoms with van der Waals surface area (Å²) in [4.78, 5) is 25.3. The van der Waals surface area contributed by atoms with Crippen LogP contribution >= 0.6 is 11.6 Å². The Bertz CT molecular complexity index is 849. The van der Waals surface area contributed by atoms with Crippen molar-refractivity contribution >= 4 is 28.9 Å². The number of benzene rings is 2. The third kappa shape index (κ3) is 3.95. The molecule has 0 saturated carbocycles. The van der Waals surface area contributed by atoms with Gasteiger partial charge in [0, 0.05) is 24.2 Å². The number of esters is 1. The number of ether oxygens (including phenoxy) is 2. The lowest BCUT2D eigenvalue weighted by Gasteiger charge is -2.28. The number of carbonyl (C=O) groups excluding carboxylic acids is 1. The van der Waals surface area contributed by atoms with Crippen LogP contribution in [-0.2, 0) is 4.74 Å². The van der Waals surface area contributed by atoms with Crippen molar-refractivity contribution in [3.05, 3.63) is 62.7 Å². The number of nitrogens with zero attached hydrogens (tertiary/aromatic N) is 2. The largest absolute Gasteiger partial charge is 0.423 e. The van der Waals surface area contributed by atoms with Crippen LogP contribution in [0.15, 0.2) is 36.4 Å². The summed E-state index contributed by atoms with van der Waals surface area (Å²) in [6, 6.07) is 9.24. The average molecular weight is 377 g/mol. The highest BCUT2D eigenvalue weighted by Gasteiger charge is 2.24. The van der Waals surface area contributed by atoms with Gasteiger partial charge < -0.3 is 14.4 Å². The van der Waals surface area contributed by atoms with E-state index in [1.807, 2.05) is 4.90 Å². The molecule has 1 heterocycles. The van der Waals surface area contributed by atoms with Crippen molar-refractivity contribution in [2.24, 2.45) is 0 Å². The Morgan fingerprint density at radius 2 is 1.96 bits per heavy atom. The summed E-state index contributed by atoms with van der Waals surface area (Å²) in [6.45, 7) is 3.91. The van der Waals surface area contributed by atoms with Crippen molar-refractivity contribution in [3.8, 4) is 5.75 Å². The Labute approximate surface area is 155 Å². The third-order valence-electron chi connectivity index (χ3n) is 4.10. The van der Waals surface area contributed by atoms with E-state index in [9.17, 15) is 14.9 Å². The van der Waals surface area contributed by atoms with Gasteiger partial charge in [-0.05, 0) is 42.8 Å². The van der Waals surface area contributed by atoms with Gasteiger partial charge in [-0.25, -0.2) is 4.79 Å². The van der Waals surface area contributed by atoms with E-state index in [1.165, 1.54) is 12.1 Å². The molecule has 1 fully saturated rings. The number of nitro benzene ring substituents is 1. The van der Waals surface area contributed by atoms with Gasteiger partial charge in [0.2, 0.25) is 0 Å². The maximum Gasteiger partial charge on any atom is 0.343 e. The number of aryl methyl sites for hydroxylation is 1. The average Bonchev–Trinajstić information content (AvgIpc) is 2.64. The van der Waals surface area contributed by atoms with Gasteiger partial charge in [-0.3, -0.25) is 10.1 Å². The lowest BCUT2D eigenvalue weighted by Crippen LogP contribution is -2.36. The molecule has 0 N–H and O–H groups in total. The highest BCUT2D eigenvalue weighted by molar-refractivity contribution is 6.30. The standard InChI is InChI=1S/C18H17ClN2O5/c1-12-10-14(19)3-5-17(12)26-18(22)13-2-4-15(16(11-13)21(23)24)20-6-8-25-9-7-20/h2-5,10-11H,6-9H2,1H3. The van der Waals surface area contributed by atoms with Gasteiger partial charge in [-0.2, -0.15) is 0 Å². The fraction of sp³-hybridized carbons (Fsp3) is 0.278. The first-order chi connectivity index (χ1) is 12.5. The number of rotatable bonds is 4. The summed E-state index contributed by atoms with van der Waals surface area (Å²) in [5, 5.41) is 12.0. The van der Waals surface area contributed by atoms with E-state index in [4.69, 9.17) is 21.1 Å². The van der Waals surface area contributed by atoms with Crippen LogP contribution in [0.25, 0.3) is 0 Å². The second-order valence-corrected chi connectivity index (χ2v) is 6.30. The zero-order valence-corrected chi connectivity index (χ0v) is 14.9. The number of hydrogen-bond acceptors (Lipinski definition) is 6. The summed E-state index contributed by atoms with van der Waals surface area (Å²) in [5.74, 6) is -0.300. The van der Waals surface area contributed by atoms with E-state index < -0.39 is 10.9 Å². The highest BCUT2D eigenvalue weighted by Crippen LogP contribution is 2.31. The Morgan fingerprint density at radius 1 is 1.23 bits per heavy atom. The van der Waals surface area contributed by atoms with E-state index in [-0.39, 0.29) is 11.3 Å². The lowest BCUT2D eigenvalue weighted by atomic mass is 10.1. The second-order valence-electron chi connectivity index (χ2n) is 5.86. The van der Waals surface area contributed by atoms with Crippen molar-refractivity contribution in [1.82, 2.24) is 0 Å². The van der Waals surface area contributed by atoms with Gasteiger partial charge in [-0.15, -0.1) is 0 Å². The van der Waals surface area contributed by atoms with Crippen LogP contribution in [0.3, 0.4) is 0 Å². The smallest absolute Gasteiger partial charge is 0.343 e. The molecule has 1 aliphatic heterocycles. The van der Waals surface area contributed by atoms with Gasteiger partial charge >= 0.3 is 5.97 Å². The fourth-order valence-electron chi connectivity index (χ4n) is 2.75. The van der Waals surface area contributed by atoms with Crippen LogP contribution in [0.4, 0.5) is 11.4 Å². The molecule has 1 aliphatic rings. The highest BCUT2D eigenvalue weighted by atomic mass is 35.5. The Balaban J connectivity index is 1.86. The number of carbonyl (C=O) groups is 1. The molecule has 0 amide bonds. The minimum Gasteiger partial charge on any atom is -0.423 e. The SMILES string of the molecule is Cc1cc(Cl)ccc1OC(=O)c1ccc(N2CCOCC2)c([N+](=O)[O-])c1. The molecule has 0 spiro atoms. The molecule has 0 radical (unpaired) electrons. The summed E-state index contributed by atoms with van der Waals surface area (Å²) >= 11 is 5.89. The maximum absolute atomic E-state index is 12.4. The molecule has 0 unspecified atom stereocenters. The molecule has 0 atom stereocenters. The quantitative estimate of drug-likeness (QED) is 0.351. The van der Waals surface area contributed by atoms with Crippen LogP contribution in [0.1, 0.15) is 15.9 Å². The van der Waals surface area contributed by atoms with Crippen LogP contribution in [0.5, 0.6) is 5.75 Å². The number of nitro groups is 1. The summed E-state index contributed by atoms with van der Waals surface area (Å²) < 4.78 is 10.6. The van der Waals surface area contributed by atoms with Crippen LogP contribution < -0.4 is 9.64 Å². The van der Waals surface area contributed by atoms with Crippen molar-refractivity contribution in [2.45, 2.75) is 6.92 Å². The molecule has 0 aromatic heterocycles. The first-order valence-corrected chi connectivity index (χ1v) is 8.43. The van der Waals surface area contributed by atoms with Crippen molar-refractivity contribution in [2.75, 3.05) is 31.2 Å². The van der Waals surface area contributed by atoms with Gasteiger partial charge in [0.25, 0.3) is 5.69 Å². The molecule has 3 rings (SSSR count). The Morgan fingerprint density at radius 3 is 2.62 bits per heavy atom. The van der Waals surface area contributed by atoms with E-state index in [2.05, 4.69) is 0 Å². The molecular weight excluding hydrogens is 360 g/mol. The number of anilines is 1. The number of morpholine rings is 1. The van der Waals surface area contributed by atoms with Gasteiger partial charge in [0.15, 0.2) is 0 Å². The topological polar surface area (TPSA) is 81.9 Å². The molecule has 8 heteroatoms. The Hall–Kier alpha value is -2.64. The van der Waals surface area contributed by atoms with Gasteiger partial charge in [-0.1, -0.05) is 11.6 Å². The molecule has 1 saturated heterocycles. The van der Waals surface area contributed by atoms with E-state index in [0.717, 1.165) is 0 Å². The van der Waals surface area contributed by atoms with Crippen molar-refractivity contribution in [1.29, 1.82) is 0 Å². The zero-order valence-electron chi connectivity index (χ0n) is 14.1. The first-order valence-electron chi connectivity index (χ1n) is 8.05. The molecule has 0 aliphatic carbocycles. The zero-order chi connectivity index (χ0) is 18.7. The molecular formula is C18H17ClN2O5. The third-order valence-corrected chi connectivity index (χ3v) is 4.33. The minimum absolute atomic E-state index is 0.114. The molecule has 136 valence electrons. The molecule has 2 aromatic rings. The Kier molecular flexibility index (Phi) is 5.39. The van der Waals surface area contributed by atoms with Gasteiger partial charge in [0.05, 0.1) is 23.7 Å². The van der Waals surface area contributed by atoms with Crippen LogP contribution in [-0.4, -0.2) is 37.2 Å². The molecule has 0 bridgehead atoms. The van der Waals surface area contributed by atoms with Gasteiger partial charge in [0.1, 0.15) is 11.4 Å². The van der Waals surface area contributed by atoms with Crippen molar-refractivity contribution < 1.29 is 19.2 Å².